The van der Waals surface area contributed by atoms with Gasteiger partial charge in [0.25, 0.3) is 5.91 Å². The molecule has 0 bridgehead atoms. The molecule has 46 heavy (non-hydrogen) atoms. The Bertz CT molecular complexity index is 1400. The first-order valence-electron chi connectivity index (χ1n) is 17.1. The normalized spacial score (nSPS) is 26.8. The molecule has 5 aliphatic rings. The zero-order valence-electron chi connectivity index (χ0n) is 27.1. The van der Waals surface area contributed by atoms with Crippen LogP contribution in [0.5, 0.6) is 0 Å². The molecule has 0 radical (unpaired) electrons. The van der Waals surface area contributed by atoms with E-state index in [1.54, 1.807) is 16.2 Å². The summed E-state index contributed by atoms with van der Waals surface area (Å²) in [6, 6.07) is 6.59. The van der Waals surface area contributed by atoms with E-state index in [2.05, 4.69) is 37.3 Å². The SMILES string of the molecule is C[C@H]1CN(C(=O)[C@@H](NC(=O)c2ccc(N3CCN(c4csc(N5CCN(C)CC5)n4)CC3)cc2)C2CCCCC2)[C@@H]2C(=O)CO[C@@H]21. The van der Waals surface area contributed by atoms with Gasteiger partial charge in [-0.15, -0.1) is 11.3 Å². The zero-order chi connectivity index (χ0) is 31.8. The lowest BCUT2D eigenvalue weighted by Crippen LogP contribution is -2.55. The molecule has 4 atom stereocenters. The molecular weight excluding hydrogens is 602 g/mol. The fourth-order valence-electron chi connectivity index (χ4n) is 7.93. The van der Waals surface area contributed by atoms with E-state index in [9.17, 15) is 14.4 Å². The number of carbonyl (C=O) groups excluding carboxylic acids is 3. The number of anilines is 3. The molecule has 11 nitrogen and oxygen atoms in total. The largest absolute Gasteiger partial charge is 0.368 e. The van der Waals surface area contributed by atoms with E-state index in [0.29, 0.717) is 12.1 Å². The molecule has 1 aromatic heterocycles. The number of aromatic nitrogens is 1. The maximum absolute atomic E-state index is 14.0. The maximum atomic E-state index is 14.0. The second-order valence-corrected chi connectivity index (χ2v) is 14.6. The summed E-state index contributed by atoms with van der Waals surface area (Å²) in [5.41, 5.74) is 1.63. The molecular formula is C34H47N7O4S. The third-order valence-electron chi connectivity index (χ3n) is 10.7. The Morgan fingerprint density at radius 3 is 2.33 bits per heavy atom. The number of nitrogens with one attached hydrogen (secondary N) is 1. The molecule has 0 spiro atoms. The summed E-state index contributed by atoms with van der Waals surface area (Å²) < 4.78 is 5.73. The van der Waals surface area contributed by atoms with E-state index in [0.717, 1.165) is 101 Å². The van der Waals surface area contributed by atoms with Gasteiger partial charge in [0.05, 0.1) is 6.10 Å². The quantitative estimate of drug-likeness (QED) is 0.486. The van der Waals surface area contributed by atoms with Crippen molar-refractivity contribution in [3.63, 3.8) is 0 Å². The molecule has 2 amide bonds. The van der Waals surface area contributed by atoms with Gasteiger partial charge in [0.2, 0.25) is 5.91 Å². The number of ketones is 1. The highest BCUT2D eigenvalue weighted by molar-refractivity contribution is 7.14. The number of benzene rings is 1. The highest BCUT2D eigenvalue weighted by Crippen LogP contribution is 2.35. The number of hydrogen-bond acceptors (Lipinski definition) is 10. The minimum Gasteiger partial charge on any atom is -0.368 e. The minimum absolute atomic E-state index is 0.0326. The smallest absolute Gasteiger partial charge is 0.251 e. The molecule has 4 aliphatic heterocycles. The van der Waals surface area contributed by atoms with Crippen LogP contribution in [-0.4, -0.2) is 123 Å². The van der Waals surface area contributed by atoms with Crippen molar-refractivity contribution in [3.8, 4) is 0 Å². The van der Waals surface area contributed by atoms with Gasteiger partial charge in [0.1, 0.15) is 24.5 Å². The van der Waals surface area contributed by atoms with Crippen LogP contribution < -0.4 is 20.0 Å². The highest BCUT2D eigenvalue weighted by atomic mass is 32.1. The molecule has 5 fully saturated rings. The van der Waals surface area contributed by atoms with Crippen LogP contribution in [-0.2, 0) is 14.3 Å². The first kappa shape index (κ1) is 31.4. The predicted octanol–water partition coefficient (Wildman–Crippen LogP) is 2.72. The first-order chi connectivity index (χ1) is 22.4. The summed E-state index contributed by atoms with van der Waals surface area (Å²) in [4.78, 5) is 56.4. The third kappa shape index (κ3) is 6.35. The number of nitrogens with zero attached hydrogens (tertiary/aromatic N) is 6. The number of hydrogen-bond donors (Lipinski definition) is 1. The van der Waals surface area contributed by atoms with Gasteiger partial charge in [-0.05, 0) is 50.1 Å². The molecule has 1 aliphatic carbocycles. The van der Waals surface area contributed by atoms with E-state index >= 15 is 0 Å². The number of amides is 2. The van der Waals surface area contributed by atoms with Crippen molar-refractivity contribution in [1.29, 1.82) is 0 Å². The Hall–Kier alpha value is -3.22. The van der Waals surface area contributed by atoms with Gasteiger partial charge in [-0.1, -0.05) is 26.2 Å². The van der Waals surface area contributed by atoms with Crippen molar-refractivity contribution in [3.05, 3.63) is 35.2 Å². The highest BCUT2D eigenvalue weighted by Gasteiger charge is 2.52. The molecule has 1 saturated carbocycles. The standard InChI is InChI=1S/C34H47N7O4S/c1-23-20-41(30-27(42)21-45-31(23)30)33(44)29(24-6-4-3-5-7-24)36-32(43)25-8-10-26(11-9-25)38-16-18-39(19-17-38)28-22-46-34(35-28)40-14-12-37(2)13-15-40/h8-11,22-24,29-31H,3-7,12-21H2,1-2H3,(H,36,43)/t23-,29-,30+,31+/m0/s1. The van der Waals surface area contributed by atoms with E-state index in [4.69, 9.17) is 9.72 Å². The Balaban J connectivity index is 0.968. The van der Waals surface area contributed by atoms with Crippen LogP contribution >= 0.6 is 11.3 Å². The topological polar surface area (TPSA) is 102 Å². The number of carbonyl (C=O) groups is 3. The zero-order valence-corrected chi connectivity index (χ0v) is 27.9. The third-order valence-corrected chi connectivity index (χ3v) is 11.6. The molecule has 0 unspecified atom stereocenters. The summed E-state index contributed by atoms with van der Waals surface area (Å²) >= 11 is 1.74. The number of ether oxygens (including phenoxy) is 1. The molecule has 5 heterocycles. The fraction of sp³-hybridized carbons (Fsp3) is 0.647. The first-order valence-corrected chi connectivity index (χ1v) is 18.0. The van der Waals surface area contributed by atoms with E-state index in [-0.39, 0.29) is 42.1 Å². The minimum atomic E-state index is -0.637. The molecule has 7 rings (SSSR count). The molecule has 1 aromatic carbocycles. The van der Waals surface area contributed by atoms with Gasteiger partial charge in [0.15, 0.2) is 10.9 Å². The fourth-order valence-corrected chi connectivity index (χ4v) is 8.82. The van der Waals surface area contributed by atoms with E-state index < -0.39 is 12.1 Å². The van der Waals surface area contributed by atoms with Crippen molar-refractivity contribution in [1.82, 2.24) is 20.1 Å². The number of piperazine rings is 2. The lowest BCUT2D eigenvalue weighted by atomic mass is 9.83. The number of likely N-dealkylation sites (N-methyl/N-ethyl adjacent to an activating group) is 1. The molecule has 248 valence electrons. The summed E-state index contributed by atoms with van der Waals surface area (Å²) in [6.45, 7) is 10.3. The average Bonchev–Trinajstić information content (AvgIpc) is 3.82. The predicted molar refractivity (Wildman–Crippen MR) is 180 cm³/mol. The van der Waals surface area contributed by atoms with Crippen LogP contribution in [0.2, 0.25) is 0 Å². The van der Waals surface area contributed by atoms with Gasteiger partial charge in [-0.2, -0.15) is 0 Å². The van der Waals surface area contributed by atoms with Crippen LogP contribution in [0.25, 0.3) is 0 Å². The number of Topliss-reactive ketones (excluding diaryl/α,β-unsaturated/α-hetero) is 1. The van der Waals surface area contributed by atoms with Crippen LogP contribution in [0, 0.1) is 11.8 Å². The summed E-state index contributed by atoms with van der Waals surface area (Å²) in [6.07, 6.45) is 4.83. The second kappa shape index (κ2) is 13.5. The maximum Gasteiger partial charge on any atom is 0.251 e. The number of likely N-dealkylation sites (tertiary alicyclic amines) is 1. The van der Waals surface area contributed by atoms with Gasteiger partial charge in [-0.25, -0.2) is 4.98 Å². The number of thiazole rings is 1. The van der Waals surface area contributed by atoms with Crippen molar-refractivity contribution >= 4 is 45.6 Å². The summed E-state index contributed by atoms with van der Waals surface area (Å²) in [5, 5.41) is 6.43. The summed E-state index contributed by atoms with van der Waals surface area (Å²) in [7, 11) is 2.17. The summed E-state index contributed by atoms with van der Waals surface area (Å²) in [5.74, 6) is 0.828. The van der Waals surface area contributed by atoms with Gasteiger partial charge in [0, 0.05) is 81.5 Å². The number of rotatable bonds is 7. The van der Waals surface area contributed by atoms with Crippen LogP contribution in [0.3, 0.4) is 0 Å². The van der Waals surface area contributed by atoms with Crippen molar-refractivity contribution < 1.29 is 19.1 Å². The lowest BCUT2D eigenvalue weighted by molar-refractivity contribution is -0.139. The van der Waals surface area contributed by atoms with Gasteiger partial charge >= 0.3 is 0 Å². The van der Waals surface area contributed by atoms with Crippen LogP contribution in [0.15, 0.2) is 29.6 Å². The van der Waals surface area contributed by atoms with Crippen LogP contribution in [0.4, 0.5) is 16.6 Å². The molecule has 12 heteroatoms. The Labute approximate surface area is 275 Å². The molecule has 1 N–H and O–H groups in total. The van der Waals surface area contributed by atoms with Gasteiger partial charge < -0.3 is 34.6 Å². The van der Waals surface area contributed by atoms with E-state index in [1.165, 1.54) is 0 Å². The Kier molecular flexibility index (Phi) is 9.20. The average molecular weight is 650 g/mol. The van der Waals surface area contributed by atoms with Gasteiger partial charge in [-0.3, -0.25) is 14.4 Å². The molecule has 4 saturated heterocycles. The Morgan fingerprint density at radius 2 is 1.61 bits per heavy atom. The monoisotopic (exact) mass is 649 g/mol. The van der Waals surface area contributed by atoms with Crippen molar-refractivity contribution in [2.75, 3.05) is 87.3 Å². The lowest BCUT2D eigenvalue weighted by Gasteiger charge is -2.36. The van der Waals surface area contributed by atoms with Crippen LogP contribution in [0.1, 0.15) is 49.4 Å². The second-order valence-electron chi connectivity index (χ2n) is 13.8. The van der Waals surface area contributed by atoms with E-state index in [1.807, 2.05) is 31.2 Å². The Morgan fingerprint density at radius 1 is 0.935 bits per heavy atom. The van der Waals surface area contributed by atoms with Crippen molar-refractivity contribution in [2.45, 2.75) is 57.2 Å². The number of fused-ring (bicyclic) bond motifs is 1. The van der Waals surface area contributed by atoms with Crippen molar-refractivity contribution in [2.24, 2.45) is 11.8 Å². The molecule has 2 aromatic rings.